The fraction of sp³-hybridized carbons (Fsp3) is 0.300. The van der Waals surface area contributed by atoms with Crippen molar-refractivity contribution in [1.29, 1.82) is 0 Å². The Kier molecular flexibility index (Phi) is 4.48. The van der Waals surface area contributed by atoms with Crippen molar-refractivity contribution < 1.29 is 4.74 Å². The van der Waals surface area contributed by atoms with Crippen LogP contribution in [0.25, 0.3) is 0 Å². The van der Waals surface area contributed by atoms with E-state index in [1.54, 1.807) is 7.11 Å². The second kappa shape index (κ2) is 7.07. The highest BCUT2D eigenvalue weighted by molar-refractivity contribution is 5.35. The molecule has 5 heteroatoms. The molecule has 0 radical (unpaired) electrons. The summed E-state index contributed by atoms with van der Waals surface area (Å²) >= 11 is 0. The van der Waals surface area contributed by atoms with Crippen LogP contribution in [0.2, 0.25) is 0 Å². The number of nitrogens with zero attached hydrogens (tertiary/aromatic N) is 3. The van der Waals surface area contributed by atoms with Crippen molar-refractivity contribution in [3.05, 3.63) is 76.9 Å². The molecular weight excluding hydrogens is 312 g/mol. The summed E-state index contributed by atoms with van der Waals surface area (Å²) < 4.78 is 7.42. The standard InChI is InChI=1S/C20H22N4O/c1-25-17-4-2-15(3-5-17)12-19-18-13-22-11-8-20(18)24(23-19)14-16-6-9-21-10-7-16/h2-7,9-10,22H,8,11-14H2,1H3. The quantitative estimate of drug-likeness (QED) is 0.779. The molecule has 1 aromatic carbocycles. The monoisotopic (exact) mass is 334 g/mol. The third-order valence-electron chi connectivity index (χ3n) is 4.70. The molecule has 0 aliphatic carbocycles. The average molecular weight is 334 g/mol. The molecule has 0 spiro atoms. The highest BCUT2D eigenvalue weighted by Crippen LogP contribution is 2.23. The van der Waals surface area contributed by atoms with Gasteiger partial charge in [-0.05, 0) is 35.4 Å². The van der Waals surface area contributed by atoms with E-state index in [0.717, 1.165) is 38.2 Å². The van der Waals surface area contributed by atoms with Crippen LogP contribution in [0.15, 0.2) is 48.8 Å². The van der Waals surface area contributed by atoms with Crippen molar-refractivity contribution in [2.75, 3.05) is 13.7 Å². The van der Waals surface area contributed by atoms with E-state index in [4.69, 9.17) is 9.84 Å². The smallest absolute Gasteiger partial charge is 0.118 e. The number of hydrogen-bond acceptors (Lipinski definition) is 4. The highest BCUT2D eigenvalue weighted by atomic mass is 16.5. The molecule has 0 bridgehead atoms. The SMILES string of the molecule is COc1ccc(Cc2nn(Cc3ccncc3)c3c2CNCC3)cc1. The maximum absolute atomic E-state index is 5.25. The van der Waals surface area contributed by atoms with Crippen molar-refractivity contribution in [2.45, 2.75) is 25.9 Å². The van der Waals surface area contributed by atoms with Gasteiger partial charge in [0.05, 0.1) is 19.3 Å². The molecule has 3 aromatic rings. The molecule has 0 saturated carbocycles. The van der Waals surface area contributed by atoms with Gasteiger partial charge >= 0.3 is 0 Å². The fourth-order valence-electron chi connectivity index (χ4n) is 3.36. The van der Waals surface area contributed by atoms with Gasteiger partial charge in [-0.2, -0.15) is 5.10 Å². The van der Waals surface area contributed by atoms with Gasteiger partial charge in [-0.1, -0.05) is 12.1 Å². The Labute approximate surface area is 147 Å². The van der Waals surface area contributed by atoms with E-state index in [1.807, 2.05) is 24.5 Å². The molecule has 5 nitrogen and oxygen atoms in total. The molecule has 25 heavy (non-hydrogen) atoms. The van der Waals surface area contributed by atoms with Crippen LogP contribution in [-0.4, -0.2) is 28.4 Å². The van der Waals surface area contributed by atoms with E-state index >= 15 is 0 Å². The summed E-state index contributed by atoms with van der Waals surface area (Å²) in [5.41, 5.74) is 6.37. The predicted octanol–water partition coefficient (Wildman–Crippen LogP) is 2.57. The lowest BCUT2D eigenvalue weighted by atomic mass is 10.0. The molecule has 0 fully saturated rings. The Morgan fingerprint density at radius 1 is 1.08 bits per heavy atom. The summed E-state index contributed by atoms with van der Waals surface area (Å²) in [7, 11) is 1.69. The second-order valence-corrected chi connectivity index (χ2v) is 6.34. The minimum absolute atomic E-state index is 0.799. The molecule has 1 aliphatic heterocycles. The zero-order valence-corrected chi connectivity index (χ0v) is 14.4. The molecule has 128 valence electrons. The van der Waals surface area contributed by atoms with Crippen molar-refractivity contribution in [1.82, 2.24) is 20.1 Å². The number of hydrogen-bond donors (Lipinski definition) is 1. The number of pyridine rings is 1. The maximum atomic E-state index is 5.25. The first-order valence-corrected chi connectivity index (χ1v) is 8.63. The molecular formula is C20H22N4O. The lowest BCUT2D eigenvalue weighted by Crippen LogP contribution is -2.25. The molecule has 0 unspecified atom stereocenters. The Hall–Kier alpha value is -2.66. The van der Waals surface area contributed by atoms with Crippen LogP contribution in [0.1, 0.15) is 28.1 Å². The minimum Gasteiger partial charge on any atom is -0.497 e. The minimum atomic E-state index is 0.799. The van der Waals surface area contributed by atoms with Crippen LogP contribution < -0.4 is 10.1 Å². The normalized spacial score (nSPS) is 13.5. The number of nitrogens with one attached hydrogen (secondary N) is 1. The van der Waals surface area contributed by atoms with Gasteiger partial charge in [0.15, 0.2) is 0 Å². The summed E-state index contributed by atoms with van der Waals surface area (Å²) in [6.07, 6.45) is 5.55. The molecule has 2 aromatic heterocycles. The maximum Gasteiger partial charge on any atom is 0.118 e. The first-order valence-electron chi connectivity index (χ1n) is 8.63. The third-order valence-corrected chi connectivity index (χ3v) is 4.70. The Bertz CT molecular complexity index is 840. The summed E-state index contributed by atoms with van der Waals surface area (Å²) in [4.78, 5) is 4.10. The summed E-state index contributed by atoms with van der Waals surface area (Å²) in [6.45, 7) is 2.71. The first-order chi connectivity index (χ1) is 12.3. The summed E-state index contributed by atoms with van der Waals surface area (Å²) in [6, 6.07) is 12.4. The van der Waals surface area contributed by atoms with Crippen LogP contribution >= 0.6 is 0 Å². The number of methoxy groups -OCH3 is 1. The Balaban J connectivity index is 1.63. The molecule has 0 atom stereocenters. The molecule has 0 amide bonds. The van der Waals surface area contributed by atoms with Gasteiger partial charge in [-0.3, -0.25) is 9.67 Å². The van der Waals surface area contributed by atoms with Gasteiger partial charge in [0.1, 0.15) is 5.75 Å². The lowest BCUT2D eigenvalue weighted by Gasteiger charge is -2.15. The largest absolute Gasteiger partial charge is 0.497 e. The Morgan fingerprint density at radius 3 is 2.64 bits per heavy atom. The number of fused-ring (bicyclic) bond motifs is 1. The van der Waals surface area contributed by atoms with E-state index in [9.17, 15) is 0 Å². The lowest BCUT2D eigenvalue weighted by molar-refractivity contribution is 0.414. The van der Waals surface area contributed by atoms with Crippen molar-refractivity contribution in [3.8, 4) is 5.75 Å². The van der Waals surface area contributed by atoms with E-state index in [2.05, 4.69) is 39.2 Å². The Morgan fingerprint density at radius 2 is 1.88 bits per heavy atom. The van der Waals surface area contributed by atoms with Gasteiger partial charge < -0.3 is 10.1 Å². The molecule has 0 saturated heterocycles. The van der Waals surface area contributed by atoms with E-state index in [0.29, 0.717) is 0 Å². The average Bonchev–Trinajstić information content (AvgIpc) is 3.01. The van der Waals surface area contributed by atoms with Crippen molar-refractivity contribution in [2.24, 2.45) is 0 Å². The predicted molar refractivity (Wildman–Crippen MR) is 96.8 cm³/mol. The zero-order chi connectivity index (χ0) is 17.1. The van der Waals surface area contributed by atoms with Gasteiger partial charge in [-0.15, -0.1) is 0 Å². The van der Waals surface area contributed by atoms with Crippen LogP contribution in [0.3, 0.4) is 0 Å². The van der Waals surface area contributed by atoms with Gasteiger partial charge in [0.2, 0.25) is 0 Å². The van der Waals surface area contributed by atoms with E-state index in [1.165, 1.54) is 28.1 Å². The van der Waals surface area contributed by atoms with E-state index < -0.39 is 0 Å². The molecule has 3 heterocycles. The summed E-state index contributed by atoms with van der Waals surface area (Å²) in [5, 5.41) is 8.43. The van der Waals surface area contributed by atoms with Crippen LogP contribution in [0, 0.1) is 0 Å². The number of aromatic nitrogens is 3. The molecule has 1 aliphatic rings. The first kappa shape index (κ1) is 15.8. The number of rotatable bonds is 5. The van der Waals surface area contributed by atoms with Crippen LogP contribution in [0.4, 0.5) is 0 Å². The van der Waals surface area contributed by atoms with Gasteiger partial charge in [0.25, 0.3) is 0 Å². The molecule has 1 N–H and O–H groups in total. The van der Waals surface area contributed by atoms with Crippen LogP contribution in [-0.2, 0) is 25.9 Å². The van der Waals surface area contributed by atoms with Crippen LogP contribution in [0.5, 0.6) is 5.75 Å². The highest BCUT2D eigenvalue weighted by Gasteiger charge is 2.20. The van der Waals surface area contributed by atoms with E-state index in [-0.39, 0.29) is 0 Å². The number of ether oxygens (including phenoxy) is 1. The zero-order valence-electron chi connectivity index (χ0n) is 14.4. The second-order valence-electron chi connectivity index (χ2n) is 6.34. The summed E-state index contributed by atoms with van der Waals surface area (Å²) in [5.74, 6) is 0.885. The molecule has 4 rings (SSSR count). The van der Waals surface area contributed by atoms with Gasteiger partial charge in [0, 0.05) is 49.6 Å². The van der Waals surface area contributed by atoms with Crippen molar-refractivity contribution in [3.63, 3.8) is 0 Å². The topological polar surface area (TPSA) is 52.0 Å². The fourth-order valence-corrected chi connectivity index (χ4v) is 3.36. The third kappa shape index (κ3) is 3.42. The van der Waals surface area contributed by atoms with Gasteiger partial charge in [-0.25, -0.2) is 0 Å². The van der Waals surface area contributed by atoms with Crippen molar-refractivity contribution >= 4 is 0 Å². The number of benzene rings is 1.